The highest BCUT2D eigenvalue weighted by Gasteiger charge is 2.23. The van der Waals surface area contributed by atoms with Crippen LogP contribution in [0.5, 0.6) is 0 Å². The van der Waals surface area contributed by atoms with Crippen LogP contribution in [0.3, 0.4) is 0 Å². The van der Waals surface area contributed by atoms with E-state index in [0.29, 0.717) is 16.4 Å². The molecule has 0 fully saturated rings. The first kappa shape index (κ1) is 22.7. The van der Waals surface area contributed by atoms with Gasteiger partial charge in [-0.2, -0.15) is 0 Å². The third-order valence-corrected chi connectivity index (χ3v) is 6.76. The highest BCUT2D eigenvalue weighted by Crippen LogP contribution is 2.37. The number of nitrogens with one attached hydrogen (secondary N) is 2. The smallest absolute Gasteiger partial charge is 0.255 e. The van der Waals surface area contributed by atoms with Crippen LogP contribution >= 0.6 is 23.1 Å². The number of hydrogen-bond acceptors (Lipinski definition) is 6. The molecule has 0 aliphatic rings. The lowest BCUT2D eigenvalue weighted by molar-refractivity contribution is -0.115. The van der Waals surface area contributed by atoms with Gasteiger partial charge in [-0.1, -0.05) is 65.4 Å². The molecule has 0 saturated carbocycles. The Balaban J connectivity index is 1.53. The molecule has 4 aromatic rings. The zero-order valence-electron chi connectivity index (χ0n) is 18.1. The summed E-state index contributed by atoms with van der Waals surface area (Å²) >= 11 is 2.74. The fourth-order valence-electron chi connectivity index (χ4n) is 3.11. The van der Waals surface area contributed by atoms with Crippen LogP contribution in [-0.4, -0.2) is 22.0 Å². The highest BCUT2D eigenvalue weighted by molar-refractivity contribution is 8.00. The van der Waals surface area contributed by atoms with Crippen LogP contribution in [0.1, 0.15) is 31.7 Å². The Bertz CT molecular complexity index is 1260. The average molecular weight is 475 g/mol. The van der Waals surface area contributed by atoms with Gasteiger partial charge in [-0.15, -0.1) is 22.0 Å². The van der Waals surface area contributed by atoms with Crippen molar-refractivity contribution in [2.75, 3.05) is 10.6 Å². The monoisotopic (exact) mass is 474 g/mol. The molecule has 2 amide bonds. The second kappa shape index (κ2) is 10.4. The van der Waals surface area contributed by atoms with E-state index in [1.165, 1.54) is 23.1 Å². The Morgan fingerprint density at radius 3 is 2.33 bits per heavy atom. The highest BCUT2D eigenvalue weighted by atomic mass is 32.2. The van der Waals surface area contributed by atoms with Gasteiger partial charge in [-0.05, 0) is 49.7 Å². The van der Waals surface area contributed by atoms with Crippen LogP contribution in [0.25, 0.3) is 0 Å². The molecule has 0 aliphatic carbocycles. The number of benzene rings is 3. The summed E-state index contributed by atoms with van der Waals surface area (Å²) in [7, 11) is 0. The molecule has 1 atom stereocenters. The summed E-state index contributed by atoms with van der Waals surface area (Å²) in [6, 6.07) is 24.5. The summed E-state index contributed by atoms with van der Waals surface area (Å²) in [6.07, 6.45) is 0. The number of nitrogens with zero attached hydrogens (tertiary/aromatic N) is 2. The number of rotatable bonds is 7. The van der Waals surface area contributed by atoms with Gasteiger partial charge in [-0.25, -0.2) is 0 Å². The maximum absolute atomic E-state index is 13.1. The summed E-state index contributed by atoms with van der Waals surface area (Å²) in [5, 5.41) is 14.5. The average Bonchev–Trinajstić information content (AvgIpc) is 3.23. The van der Waals surface area contributed by atoms with Gasteiger partial charge < -0.3 is 5.32 Å². The number of anilines is 2. The summed E-state index contributed by atoms with van der Waals surface area (Å²) < 4.78 is 0. The number of thioether (sulfide) groups is 1. The van der Waals surface area contributed by atoms with Gasteiger partial charge in [-0.3, -0.25) is 14.9 Å². The van der Waals surface area contributed by atoms with E-state index >= 15 is 0 Å². The van der Waals surface area contributed by atoms with Crippen molar-refractivity contribution >= 4 is 45.7 Å². The molecular weight excluding hydrogens is 452 g/mol. The summed E-state index contributed by atoms with van der Waals surface area (Å²) in [5.41, 5.74) is 3.22. The standard InChI is InChI=1S/C25H22N4O2S2/c1-16-11-13-19(14-12-16)23(30)26-20-9-6-10-21(15-20)33-22(18-7-4-3-5-8-18)24(31)27-25-29-28-17(2)32-25/h3-15,22H,1-2H3,(H,26,30)(H,27,29,31). The summed E-state index contributed by atoms with van der Waals surface area (Å²) in [4.78, 5) is 26.6. The van der Waals surface area contributed by atoms with E-state index in [1.807, 2.05) is 80.6 Å². The molecule has 0 saturated heterocycles. The second-order valence-corrected chi connectivity index (χ2v) is 9.73. The quantitative estimate of drug-likeness (QED) is 0.327. The molecule has 1 heterocycles. The van der Waals surface area contributed by atoms with Crippen LogP contribution in [0.2, 0.25) is 0 Å². The van der Waals surface area contributed by atoms with Crippen molar-refractivity contribution in [2.45, 2.75) is 24.0 Å². The minimum atomic E-state index is -0.501. The van der Waals surface area contributed by atoms with Gasteiger partial charge in [0.2, 0.25) is 11.0 Å². The Kier molecular flexibility index (Phi) is 7.16. The molecule has 2 N–H and O–H groups in total. The number of hydrogen-bond donors (Lipinski definition) is 2. The lowest BCUT2D eigenvalue weighted by atomic mass is 10.1. The number of carbonyl (C=O) groups is 2. The van der Waals surface area contributed by atoms with Gasteiger partial charge in [0.15, 0.2) is 0 Å². The van der Waals surface area contributed by atoms with Gasteiger partial charge in [0.1, 0.15) is 10.3 Å². The van der Waals surface area contributed by atoms with Crippen LogP contribution in [0, 0.1) is 13.8 Å². The lowest BCUT2D eigenvalue weighted by Crippen LogP contribution is -2.19. The molecule has 0 spiro atoms. The van der Waals surface area contributed by atoms with Crippen molar-refractivity contribution in [1.29, 1.82) is 0 Å². The van der Waals surface area contributed by atoms with Crippen molar-refractivity contribution in [1.82, 2.24) is 10.2 Å². The molecule has 33 heavy (non-hydrogen) atoms. The zero-order chi connectivity index (χ0) is 23.2. The Morgan fingerprint density at radius 2 is 1.64 bits per heavy atom. The second-order valence-electron chi connectivity index (χ2n) is 7.37. The molecule has 0 aliphatic heterocycles. The van der Waals surface area contributed by atoms with E-state index in [9.17, 15) is 9.59 Å². The van der Waals surface area contributed by atoms with E-state index in [-0.39, 0.29) is 11.8 Å². The van der Waals surface area contributed by atoms with Crippen molar-refractivity contribution in [3.05, 3.63) is 101 Å². The van der Waals surface area contributed by atoms with Crippen molar-refractivity contribution in [3.8, 4) is 0 Å². The molecule has 8 heteroatoms. The third-order valence-electron chi connectivity index (χ3n) is 4.76. The molecule has 0 radical (unpaired) electrons. The molecule has 6 nitrogen and oxygen atoms in total. The molecular formula is C25H22N4O2S2. The first-order valence-electron chi connectivity index (χ1n) is 10.3. The predicted octanol–water partition coefficient (Wildman–Crippen LogP) is 5.88. The normalized spacial score (nSPS) is 11.6. The van der Waals surface area contributed by atoms with Crippen LogP contribution < -0.4 is 10.6 Å². The third kappa shape index (κ3) is 6.06. The van der Waals surface area contributed by atoms with Crippen molar-refractivity contribution in [3.63, 3.8) is 0 Å². The number of aromatic nitrogens is 2. The lowest BCUT2D eigenvalue weighted by Gasteiger charge is -2.16. The molecule has 1 aromatic heterocycles. The first-order valence-corrected chi connectivity index (χ1v) is 12.0. The molecule has 166 valence electrons. The number of aryl methyl sites for hydroxylation is 2. The van der Waals surface area contributed by atoms with E-state index < -0.39 is 5.25 Å². The van der Waals surface area contributed by atoms with Gasteiger partial charge in [0.25, 0.3) is 5.91 Å². The van der Waals surface area contributed by atoms with Crippen molar-refractivity contribution < 1.29 is 9.59 Å². The SMILES string of the molecule is Cc1ccc(C(=O)Nc2cccc(SC(C(=O)Nc3nnc(C)s3)c3ccccc3)c2)cc1. The fraction of sp³-hybridized carbons (Fsp3) is 0.120. The first-order chi connectivity index (χ1) is 16.0. The predicted molar refractivity (Wildman–Crippen MR) is 134 cm³/mol. The van der Waals surface area contributed by atoms with Crippen LogP contribution in [0.15, 0.2) is 83.8 Å². The molecule has 1 unspecified atom stereocenters. The number of amides is 2. The largest absolute Gasteiger partial charge is 0.322 e. The number of carbonyl (C=O) groups excluding carboxylic acids is 2. The summed E-state index contributed by atoms with van der Waals surface area (Å²) in [6.45, 7) is 3.82. The van der Waals surface area contributed by atoms with Gasteiger partial charge in [0, 0.05) is 16.1 Å². The van der Waals surface area contributed by atoms with Crippen molar-refractivity contribution in [2.24, 2.45) is 0 Å². The van der Waals surface area contributed by atoms with E-state index in [2.05, 4.69) is 20.8 Å². The van der Waals surface area contributed by atoms with E-state index in [0.717, 1.165) is 21.0 Å². The Labute approximate surface area is 200 Å². The van der Waals surface area contributed by atoms with Gasteiger partial charge in [0.05, 0.1) is 0 Å². The molecule has 0 bridgehead atoms. The van der Waals surface area contributed by atoms with Crippen LogP contribution in [0.4, 0.5) is 10.8 Å². The molecule has 3 aromatic carbocycles. The van der Waals surface area contributed by atoms with E-state index in [1.54, 1.807) is 12.1 Å². The minimum Gasteiger partial charge on any atom is -0.322 e. The minimum absolute atomic E-state index is 0.179. The fourth-order valence-corrected chi connectivity index (χ4v) is 4.79. The summed E-state index contributed by atoms with van der Waals surface area (Å²) in [5.74, 6) is -0.363. The maximum Gasteiger partial charge on any atom is 0.255 e. The Hall–Kier alpha value is -3.49. The van der Waals surface area contributed by atoms with E-state index in [4.69, 9.17) is 0 Å². The topological polar surface area (TPSA) is 84.0 Å². The van der Waals surface area contributed by atoms with Crippen LogP contribution in [-0.2, 0) is 4.79 Å². The maximum atomic E-state index is 13.1. The molecule has 4 rings (SSSR count). The zero-order valence-corrected chi connectivity index (χ0v) is 19.7. The Morgan fingerprint density at radius 1 is 0.879 bits per heavy atom. The van der Waals surface area contributed by atoms with Gasteiger partial charge >= 0.3 is 0 Å².